The molecule has 0 aliphatic carbocycles. The van der Waals surface area contributed by atoms with Crippen molar-refractivity contribution in [3.63, 3.8) is 0 Å². The van der Waals surface area contributed by atoms with Crippen LogP contribution < -0.4 is 5.32 Å². The number of ether oxygens (including phenoxy) is 1. The summed E-state index contributed by atoms with van der Waals surface area (Å²) in [6.07, 6.45) is 1.82. The molecule has 1 amide bonds. The standard InChI is InChI=1S/C16H16Br2N2O3/c1-3-20-9-12(18)8-13(20)15(21)19-14(16(22)23-2)10-4-6-11(17)7-5-10/h4-9,14H,3H2,1-2H3,(H,19,21). The van der Waals surface area contributed by atoms with Gasteiger partial charge in [0.2, 0.25) is 0 Å². The molecule has 23 heavy (non-hydrogen) atoms. The number of esters is 1. The molecule has 2 rings (SSSR count). The predicted octanol–water partition coefficient (Wildman–Crippen LogP) is 3.68. The summed E-state index contributed by atoms with van der Waals surface area (Å²) >= 11 is 6.70. The van der Waals surface area contributed by atoms with E-state index < -0.39 is 12.0 Å². The summed E-state index contributed by atoms with van der Waals surface area (Å²) in [7, 11) is 1.30. The first-order valence-electron chi connectivity index (χ1n) is 6.96. The molecule has 0 saturated heterocycles. The Morgan fingerprint density at radius 3 is 2.43 bits per heavy atom. The van der Waals surface area contributed by atoms with Crippen molar-refractivity contribution < 1.29 is 14.3 Å². The lowest BCUT2D eigenvalue weighted by atomic mass is 10.1. The highest BCUT2D eigenvalue weighted by Gasteiger charge is 2.25. The van der Waals surface area contributed by atoms with Crippen LogP contribution in [0.4, 0.5) is 0 Å². The van der Waals surface area contributed by atoms with Gasteiger partial charge in [-0.05, 0) is 46.6 Å². The van der Waals surface area contributed by atoms with Gasteiger partial charge in [-0.15, -0.1) is 0 Å². The number of carbonyl (C=O) groups is 2. The second-order valence-electron chi connectivity index (χ2n) is 4.81. The third-order valence-corrected chi connectivity index (χ3v) is 4.31. The monoisotopic (exact) mass is 442 g/mol. The van der Waals surface area contributed by atoms with Gasteiger partial charge in [-0.3, -0.25) is 4.79 Å². The number of aryl methyl sites for hydroxylation is 1. The van der Waals surface area contributed by atoms with Gasteiger partial charge in [-0.2, -0.15) is 0 Å². The van der Waals surface area contributed by atoms with Crippen molar-refractivity contribution in [2.45, 2.75) is 19.5 Å². The normalized spacial score (nSPS) is 11.8. The Kier molecular flexibility index (Phi) is 6.01. The number of nitrogens with zero attached hydrogens (tertiary/aromatic N) is 1. The molecule has 1 aromatic heterocycles. The number of hydrogen-bond donors (Lipinski definition) is 1. The minimum Gasteiger partial charge on any atom is -0.467 e. The summed E-state index contributed by atoms with van der Waals surface area (Å²) < 4.78 is 8.31. The SMILES string of the molecule is CCn1cc(Br)cc1C(=O)NC(C(=O)OC)c1ccc(Br)cc1. The summed E-state index contributed by atoms with van der Waals surface area (Å²) in [4.78, 5) is 24.6. The second kappa shape index (κ2) is 7.79. The minimum absolute atomic E-state index is 0.337. The highest BCUT2D eigenvalue weighted by molar-refractivity contribution is 9.10. The van der Waals surface area contributed by atoms with Crippen LogP contribution in [-0.4, -0.2) is 23.6 Å². The largest absolute Gasteiger partial charge is 0.467 e. The van der Waals surface area contributed by atoms with Crippen LogP contribution in [0, 0.1) is 0 Å². The van der Waals surface area contributed by atoms with Gasteiger partial charge < -0.3 is 14.6 Å². The molecule has 122 valence electrons. The number of rotatable bonds is 5. The fourth-order valence-electron chi connectivity index (χ4n) is 2.18. The van der Waals surface area contributed by atoms with Crippen LogP contribution in [0.2, 0.25) is 0 Å². The highest BCUT2D eigenvalue weighted by Crippen LogP contribution is 2.20. The number of halogens is 2. The number of aromatic nitrogens is 1. The van der Waals surface area contributed by atoms with Gasteiger partial charge in [0.25, 0.3) is 5.91 Å². The third-order valence-electron chi connectivity index (χ3n) is 3.35. The zero-order valence-electron chi connectivity index (χ0n) is 12.7. The topological polar surface area (TPSA) is 60.3 Å². The molecular formula is C16H16Br2N2O3. The molecule has 2 aromatic rings. The lowest BCUT2D eigenvalue weighted by Gasteiger charge is -2.17. The molecule has 1 N–H and O–H groups in total. The van der Waals surface area contributed by atoms with Crippen molar-refractivity contribution in [1.29, 1.82) is 0 Å². The Labute approximate surface area is 151 Å². The Morgan fingerprint density at radius 2 is 1.87 bits per heavy atom. The van der Waals surface area contributed by atoms with Crippen LogP contribution in [0.25, 0.3) is 0 Å². The molecule has 0 radical (unpaired) electrons. The van der Waals surface area contributed by atoms with E-state index in [0.717, 1.165) is 8.95 Å². The fraction of sp³-hybridized carbons (Fsp3) is 0.250. The number of benzene rings is 1. The first-order valence-corrected chi connectivity index (χ1v) is 8.54. The van der Waals surface area contributed by atoms with Gasteiger partial charge in [0.15, 0.2) is 6.04 Å². The molecule has 0 bridgehead atoms. The summed E-state index contributed by atoms with van der Waals surface area (Å²) in [5.74, 6) is -0.856. The van der Waals surface area contributed by atoms with Gasteiger partial charge in [0, 0.05) is 21.7 Å². The number of amides is 1. The highest BCUT2D eigenvalue weighted by atomic mass is 79.9. The molecule has 0 saturated carbocycles. The summed E-state index contributed by atoms with van der Waals surface area (Å²) in [5, 5.41) is 2.74. The molecule has 0 aliphatic heterocycles. The van der Waals surface area contributed by atoms with Gasteiger partial charge in [0.05, 0.1) is 7.11 Å². The van der Waals surface area contributed by atoms with Crippen LogP contribution in [0.1, 0.15) is 29.0 Å². The fourth-order valence-corrected chi connectivity index (χ4v) is 2.91. The summed E-state index contributed by atoms with van der Waals surface area (Å²) in [5.41, 5.74) is 1.13. The van der Waals surface area contributed by atoms with Crippen molar-refractivity contribution in [3.8, 4) is 0 Å². The van der Waals surface area contributed by atoms with Crippen molar-refractivity contribution in [2.24, 2.45) is 0 Å². The predicted molar refractivity (Wildman–Crippen MR) is 94.2 cm³/mol. The van der Waals surface area contributed by atoms with E-state index in [1.54, 1.807) is 22.8 Å². The maximum atomic E-state index is 12.5. The molecule has 1 heterocycles. The van der Waals surface area contributed by atoms with E-state index in [2.05, 4.69) is 37.2 Å². The van der Waals surface area contributed by atoms with E-state index in [-0.39, 0.29) is 5.91 Å². The molecule has 1 atom stereocenters. The van der Waals surface area contributed by atoms with E-state index >= 15 is 0 Å². The van der Waals surface area contributed by atoms with Crippen molar-refractivity contribution in [3.05, 3.63) is 56.7 Å². The Morgan fingerprint density at radius 1 is 1.22 bits per heavy atom. The van der Waals surface area contributed by atoms with Gasteiger partial charge >= 0.3 is 5.97 Å². The van der Waals surface area contributed by atoms with Gasteiger partial charge in [-0.25, -0.2) is 4.79 Å². The lowest BCUT2D eigenvalue weighted by molar-refractivity contribution is -0.143. The summed E-state index contributed by atoms with van der Waals surface area (Å²) in [6.45, 7) is 2.59. The molecule has 1 unspecified atom stereocenters. The molecule has 0 spiro atoms. The van der Waals surface area contributed by atoms with Crippen LogP contribution in [0.15, 0.2) is 45.5 Å². The van der Waals surface area contributed by atoms with E-state index in [4.69, 9.17) is 4.74 Å². The average molecular weight is 444 g/mol. The number of carbonyl (C=O) groups excluding carboxylic acids is 2. The van der Waals surface area contributed by atoms with Crippen molar-refractivity contribution in [1.82, 2.24) is 9.88 Å². The third kappa shape index (κ3) is 4.23. The Hall–Kier alpha value is -1.60. The Balaban J connectivity index is 2.28. The second-order valence-corrected chi connectivity index (χ2v) is 6.64. The maximum Gasteiger partial charge on any atom is 0.333 e. The van der Waals surface area contributed by atoms with Crippen LogP contribution >= 0.6 is 31.9 Å². The molecular weight excluding hydrogens is 428 g/mol. The van der Waals surface area contributed by atoms with Crippen molar-refractivity contribution in [2.75, 3.05) is 7.11 Å². The number of methoxy groups -OCH3 is 1. The van der Waals surface area contributed by atoms with E-state index in [1.165, 1.54) is 7.11 Å². The van der Waals surface area contributed by atoms with E-state index in [0.29, 0.717) is 17.8 Å². The number of hydrogen-bond acceptors (Lipinski definition) is 3. The van der Waals surface area contributed by atoms with Crippen LogP contribution in [0.3, 0.4) is 0 Å². The molecule has 7 heteroatoms. The van der Waals surface area contributed by atoms with Crippen LogP contribution in [-0.2, 0) is 16.1 Å². The first-order chi connectivity index (χ1) is 11.0. The maximum absolute atomic E-state index is 12.5. The zero-order valence-corrected chi connectivity index (χ0v) is 15.8. The molecule has 1 aromatic carbocycles. The van der Waals surface area contributed by atoms with E-state index in [9.17, 15) is 9.59 Å². The quantitative estimate of drug-likeness (QED) is 0.717. The van der Waals surface area contributed by atoms with E-state index in [1.807, 2.05) is 25.3 Å². The molecule has 5 nitrogen and oxygen atoms in total. The first kappa shape index (κ1) is 17.7. The zero-order chi connectivity index (χ0) is 17.0. The molecule has 0 fully saturated rings. The number of nitrogens with one attached hydrogen (secondary N) is 1. The van der Waals surface area contributed by atoms with Crippen molar-refractivity contribution >= 4 is 43.7 Å². The Bertz CT molecular complexity index is 711. The van der Waals surface area contributed by atoms with Gasteiger partial charge in [-0.1, -0.05) is 28.1 Å². The lowest BCUT2D eigenvalue weighted by Crippen LogP contribution is -2.35. The smallest absolute Gasteiger partial charge is 0.333 e. The minimum atomic E-state index is -0.861. The average Bonchev–Trinajstić information content (AvgIpc) is 2.94. The van der Waals surface area contributed by atoms with Crippen LogP contribution in [0.5, 0.6) is 0 Å². The molecule has 0 aliphatic rings. The van der Waals surface area contributed by atoms with Gasteiger partial charge in [0.1, 0.15) is 5.69 Å². The summed E-state index contributed by atoms with van der Waals surface area (Å²) in [6, 6.07) is 8.00.